The molecule has 2 heterocycles. The van der Waals surface area contributed by atoms with Crippen molar-refractivity contribution in [1.82, 2.24) is 4.90 Å². The second kappa shape index (κ2) is 8.14. The van der Waals surface area contributed by atoms with Crippen molar-refractivity contribution in [2.45, 2.75) is 65.6 Å². The minimum Gasteiger partial charge on any atom is -0.493 e. The van der Waals surface area contributed by atoms with E-state index in [1.807, 2.05) is 12.1 Å². The van der Waals surface area contributed by atoms with Gasteiger partial charge in [0.1, 0.15) is 5.75 Å². The third-order valence-electron chi connectivity index (χ3n) is 6.22. The lowest BCUT2D eigenvalue weighted by Crippen LogP contribution is -2.41. The Morgan fingerprint density at radius 3 is 2.11 bits per heavy atom. The highest BCUT2D eigenvalue weighted by Gasteiger charge is 2.51. The van der Waals surface area contributed by atoms with Gasteiger partial charge in [0.2, 0.25) is 0 Å². The molecule has 0 atom stereocenters. The molecule has 3 rings (SSSR count). The van der Waals surface area contributed by atoms with Crippen LogP contribution in [0.15, 0.2) is 24.3 Å². The molecule has 2 aliphatic heterocycles. The molecule has 5 heteroatoms. The van der Waals surface area contributed by atoms with Crippen LogP contribution in [0.5, 0.6) is 5.75 Å². The Morgan fingerprint density at radius 2 is 1.59 bits per heavy atom. The van der Waals surface area contributed by atoms with Crippen molar-refractivity contribution in [3.05, 3.63) is 24.3 Å². The topological polar surface area (TPSA) is 30.9 Å². The van der Waals surface area contributed by atoms with E-state index < -0.39 is 0 Å². The molecule has 2 saturated heterocycles. The first kappa shape index (κ1) is 20.7. The maximum atomic E-state index is 6.11. The summed E-state index contributed by atoms with van der Waals surface area (Å²) < 4.78 is 18.3. The number of rotatable bonds is 6. The van der Waals surface area contributed by atoms with E-state index in [2.05, 4.69) is 58.6 Å². The first-order valence-electron chi connectivity index (χ1n) is 10.5. The van der Waals surface area contributed by atoms with Gasteiger partial charge < -0.3 is 18.9 Å². The number of ether oxygens (including phenoxy) is 1. The molecule has 0 spiro atoms. The molecule has 0 radical (unpaired) electrons. The molecule has 0 amide bonds. The summed E-state index contributed by atoms with van der Waals surface area (Å²) in [6.07, 6.45) is 2.47. The summed E-state index contributed by atoms with van der Waals surface area (Å²) in [6, 6.07) is 8.19. The summed E-state index contributed by atoms with van der Waals surface area (Å²) in [5.74, 6) is 2.34. The first-order chi connectivity index (χ1) is 12.7. The van der Waals surface area contributed by atoms with Crippen LogP contribution in [0.25, 0.3) is 0 Å². The molecule has 0 unspecified atom stereocenters. The molecule has 150 valence electrons. The fraction of sp³-hybridized carbons (Fsp3) is 0.727. The van der Waals surface area contributed by atoms with Gasteiger partial charge in [-0.1, -0.05) is 26.0 Å². The number of nitrogens with zero attached hydrogens (tertiary/aromatic N) is 1. The molecule has 2 aliphatic rings. The lowest BCUT2D eigenvalue weighted by molar-refractivity contribution is 0.00578. The Bertz CT molecular complexity index is 590. The lowest BCUT2D eigenvalue weighted by Gasteiger charge is -2.32. The lowest BCUT2D eigenvalue weighted by atomic mass is 9.79. The number of benzene rings is 1. The van der Waals surface area contributed by atoms with Crippen LogP contribution in [0.4, 0.5) is 0 Å². The monoisotopic (exact) mass is 373 g/mol. The Labute approximate surface area is 165 Å². The molecule has 0 saturated carbocycles. The van der Waals surface area contributed by atoms with E-state index in [9.17, 15) is 0 Å². The number of hydrogen-bond donors (Lipinski definition) is 0. The van der Waals surface area contributed by atoms with Crippen molar-refractivity contribution in [3.8, 4) is 5.75 Å². The average Bonchev–Trinajstić information content (AvgIpc) is 2.82. The third kappa shape index (κ3) is 5.07. The zero-order valence-electron chi connectivity index (χ0n) is 18.0. The fourth-order valence-corrected chi connectivity index (χ4v) is 3.77. The summed E-state index contributed by atoms with van der Waals surface area (Å²) in [4.78, 5) is 2.58. The van der Waals surface area contributed by atoms with Crippen LogP contribution < -0.4 is 10.2 Å². The van der Waals surface area contributed by atoms with E-state index in [1.54, 1.807) is 0 Å². The normalized spacial score (nSPS) is 23.1. The van der Waals surface area contributed by atoms with E-state index in [0.717, 1.165) is 23.7 Å². The molecule has 4 nitrogen and oxygen atoms in total. The quantitative estimate of drug-likeness (QED) is 0.711. The highest BCUT2D eigenvalue weighted by atomic mass is 16.7. The Balaban J connectivity index is 1.47. The van der Waals surface area contributed by atoms with Gasteiger partial charge in [-0.25, -0.2) is 0 Å². The summed E-state index contributed by atoms with van der Waals surface area (Å²) in [5, 5.41) is 0. The van der Waals surface area contributed by atoms with Crippen LogP contribution in [0.1, 0.15) is 54.4 Å². The SMILES string of the molecule is CC(C)CN1CCC(COc2ccc(B3OC(C)(C)C(C)(C)O3)cc2)CC1. The van der Waals surface area contributed by atoms with Crippen molar-refractivity contribution in [2.75, 3.05) is 26.2 Å². The van der Waals surface area contributed by atoms with Crippen molar-refractivity contribution in [1.29, 1.82) is 0 Å². The van der Waals surface area contributed by atoms with Crippen LogP contribution in [-0.2, 0) is 9.31 Å². The van der Waals surface area contributed by atoms with E-state index >= 15 is 0 Å². The molecular weight excluding hydrogens is 337 g/mol. The van der Waals surface area contributed by atoms with Crippen LogP contribution in [0.2, 0.25) is 0 Å². The van der Waals surface area contributed by atoms with E-state index in [0.29, 0.717) is 5.92 Å². The molecule has 1 aromatic rings. The summed E-state index contributed by atoms with van der Waals surface area (Å²) in [5.41, 5.74) is 0.428. The van der Waals surface area contributed by atoms with Crippen molar-refractivity contribution >= 4 is 12.6 Å². The van der Waals surface area contributed by atoms with Gasteiger partial charge in [0.15, 0.2) is 0 Å². The minimum absolute atomic E-state index is 0.308. The fourth-order valence-electron chi connectivity index (χ4n) is 3.77. The van der Waals surface area contributed by atoms with Gasteiger partial charge in [0.05, 0.1) is 17.8 Å². The van der Waals surface area contributed by atoms with E-state index in [1.165, 1.54) is 32.5 Å². The Kier molecular flexibility index (Phi) is 6.24. The van der Waals surface area contributed by atoms with Gasteiger partial charge in [-0.15, -0.1) is 0 Å². The zero-order valence-corrected chi connectivity index (χ0v) is 18.0. The number of likely N-dealkylation sites (tertiary alicyclic amines) is 1. The molecule has 27 heavy (non-hydrogen) atoms. The predicted octanol–water partition coefficient (Wildman–Crippen LogP) is 3.73. The largest absolute Gasteiger partial charge is 0.494 e. The van der Waals surface area contributed by atoms with Gasteiger partial charge in [-0.05, 0) is 83.1 Å². The van der Waals surface area contributed by atoms with Gasteiger partial charge in [0, 0.05) is 6.54 Å². The molecule has 0 aromatic heterocycles. The van der Waals surface area contributed by atoms with Crippen LogP contribution in [0.3, 0.4) is 0 Å². The summed E-state index contributed by atoms with van der Waals surface area (Å²) in [6.45, 7) is 17.3. The highest BCUT2D eigenvalue weighted by Crippen LogP contribution is 2.36. The van der Waals surface area contributed by atoms with Crippen molar-refractivity contribution in [2.24, 2.45) is 11.8 Å². The number of piperidine rings is 1. The number of hydrogen-bond acceptors (Lipinski definition) is 4. The van der Waals surface area contributed by atoms with Crippen molar-refractivity contribution < 1.29 is 14.0 Å². The first-order valence-corrected chi connectivity index (χ1v) is 10.5. The smallest absolute Gasteiger partial charge is 0.493 e. The Morgan fingerprint density at radius 1 is 1.04 bits per heavy atom. The summed E-state index contributed by atoms with van der Waals surface area (Å²) >= 11 is 0. The highest BCUT2D eigenvalue weighted by molar-refractivity contribution is 6.62. The standard InChI is InChI=1S/C22H36BNO3/c1-17(2)15-24-13-11-18(12-14-24)16-25-20-9-7-19(8-10-20)23-26-21(3,4)22(5,6)27-23/h7-10,17-18H,11-16H2,1-6H3. The van der Waals surface area contributed by atoms with Crippen molar-refractivity contribution in [3.63, 3.8) is 0 Å². The molecule has 0 aliphatic carbocycles. The van der Waals surface area contributed by atoms with Crippen LogP contribution in [-0.4, -0.2) is 49.5 Å². The minimum atomic E-state index is -0.311. The second-order valence-corrected chi connectivity index (χ2v) is 9.61. The maximum absolute atomic E-state index is 6.11. The molecule has 2 fully saturated rings. The average molecular weight is 373 g/mol. The van der Waals surface area contributed by atoms with E-state index in [4.69, 9.17) is 14.0 Å². The third-order valence-corrected chi connectivity index (χ3v) is 6.22. The molecule has 0 bridgehead atoms. The van der Waals surface area contributed by atoms with Gasteiger partial charge >= 0.3 is 7.12 Å². The predicted molar refractivity (Wildman–Crippen MR) is 112 cm³/mol. The molecule has 0 N–H and O–H groups in total. The maximum Gasteiger partial charge on any atom is 0.494 e. The van der Waals surface area contributed by atoms with Crippen LogP contribution in [0, 0.1) is 11.8 Å². The molecule has 1 aromatic carbocycles. The van der Waals surface area contributed by atoms with Gasteiger partial charge in [-0.3, -0.25) is 0 Å². The second-order valence-electron chi connectivity index (χ2n) is 9.61. The van der Waals surface area contributed by atoms with E-state index in [-0.39, 0.29) is 18.3 Å². The molecular formula is C22H36BNO3. The Hall–Kier alpha value is -1.04. The van der Waals surface area contributed by atoms with Gasteiger partial charge in [0.25, 0.3) is 0 Å². The van der Waals surface area contributed by atoms with Crippen LogP contribution >= 0.6 is 0 Å². The van der Waals surface area contributed by atoms with Gasteiger partial charge in [-0.2, -0.15) is 0 Å². The summed E-state index contributed by atoms with van der Waals surface area (Å²) in [7, 11) is -0.311. The zero-order chi connectivity index (χ0) is 19.7.